The Kier molecular flexibility index (Phi) is 4.85. The Morgan fingerprint density at radius 3 is 2.63 bits per heavy atom. The number of nitrogens with zero attached hydrogens (tertiary/aromatic N) is 2. The Morgan fingerprint density at radius 1 is 1.22 bits per heavy atom. The number of halogens is 3. The number of carbonyl (C=O) groups excluding carboxylic acids is 1. The van der Waals surface area contributed by atoms with E-state index >= 15 is 0 Å². The molecule has 0 saturated carbocycles. The minimum absolute atomic E-state index is 0.0122. The molecule has 0 aliphatic rings. The third kappa shape index (κ3) is 4.08. The molecule has 2 heterocycles. The van der Waals surface area contributed by atoms with Crippen LogP contribution in [-0.4, -0.2) is 15.8 Å². The molecule has 0 unspecified atom stereocenters. The zero-order valence-corrected chi connectivity index (χ0v) is 14.2. The number of alkyl halides is 3. The fourth-order valence-corrected chi connectivity index (χ4v) is 2.57. The van der Waals surface area contributed by atoms with Gasteiger partial charge in [-0.05, 0) is 36.8 Å². The first-order valence-corrected chi connectivity index (χ1v) is 7.88. The first-order valence-electron chi connectivity index (χ1n) is 7.88. The van der Waals surface area contributed by atoms with Crippen LogP contribution in [-0.2, 0) is 12.7 Å². The lowest BCUT2D eigenvalue weighted by Gasteiger charge is -2.14. The van der Waals surface area contributed by atoms with Gasteiger partial charge >= 0.3 is 6.18 Å². The minimum Gasteiger partial charge on any atom is -0.463 e. The lowest BCUT2D eigenvalue weighted by Crippen LogP contribution is -2.13. The second-order valence-corrected chi connectivity index (χ2v) is 5.74. The van der Waals surface area contributed by atoms with Crippen LogP contribution in [0.5, 0.6) is 0 Å². The molecule has 0 saturated heterocycles. The van der Waals surface area contributed by atoms with Crippen LogP contribution >= 0.6 is 0 Å². The number of ketones is 1. The zero-order valence-electron chi connectivity index (χ0n) is 14.2. The van der Waals surface area contributed by atoms with Gasteiger partial charge < -0.3 is 15.5 Å². The number of benzene rings is 1. The van der Waals surface area contributed by atoms with E-state index in [9.17, 15) is 18.0 Å². The average molecular weight is 376 g/mol. The second-order valence-electron chi connectivity index (χ2n) is 5.74. The van der Waals surface area contributed by atoms with Gasteiger partial charge in [0.05, 0.1) is 17.4 Å². The molecule has 0 radical (unpaired) electrons. The van der Waals surface area contributed by atoms with Crippen molar-refractivity contribution in [2.45, 2.75) is 19.6 Å². The van der Waals surface area contributed by atoms with Crippen molar-refractivity contribution in [3.05, 3.63) is 59.4 Å². The molecular formula is C18H15F3N4O2. The van der Waals surface area contributed by atoms with Crippen molar-refractivity contribution < 1.29 is 22.4 Å². The molecule has 0 spiro atoms. The molecule has 0 fully saturated rings. The van der Waals surface area contributed by atoms with E-state index in [0.717, 1.165) is 12.1 Å². The summed E-state index contributed by atoms with van der Waals surface area (Å²) in [5.41, 5.74) is 5.69. The Bertz CT molecular complexity index is 969. The van der Waals surface area contributed by atoms with Crippen molar-refractivity contribution in [2.75, 3.05) is 11.1 Å². The summed E-state index contributed by atoms with van der Waals surface area (Å²) >= 11 is 0. The highest BCUT2D eigenvalue weighted by Gasteiger charge is 2.30. The predicted octanol–water partition coefficient (Wildman–Crippen LogP) is 4.15. The summed E-state index contributed by atoms with van der Waals surface area (Å²) in [7, 11) is 0. The van der Waals surface area contributed by atoms with E-state index in [4.69, 9.17) is 10.2 Å². The largest absolute Gasteiger partial charge is 0.463 e. The molecule has 27 heavy (non-hydrogen) atoms. The zero-order chi connectivity index (χ0) is 19.6. The van der Waals surface area contributed by atoms with Gasteiger partial charge in [0.15, 0.2) is 11.5 Å². The number of hydrogen-bond acceptors (Lipinski definition) is 6. The Balaban J connectivity index is 1.95. The molecule has 1 aromatic carbocycles. The maximum absolute atomic E-state index is 12.9. The predicted molar refractivity (Wildman–Crippen MR) is 92.9 cm³/mol. The van der Waals surface area contributed by atoms with E-state index in [1.807, 2.05) is 0 Å². The van der Waals surface area contributed by atoms with Crippen LogP contribution < -0.4 is 11.1 Å². The number of Topliss-reactive ketones (excluding diaryl/α,β-unsaturated/α-hetero) is 1. The van der Waals surface area contributed by atoms with E-state index in [0.29, 0.717) is 11.3 Å². The molecule has 140 valence electrons. The number of aromatic nitrogens is 2. The minimum atomic E-state index is -4.44. The average Bonchev–Trinajstić information content (AvgIpc) is 3.13. The number of rotatable bonds is 5. The van der Waals surface area contributed by atoms with Gasteiger partial charge in [0, 0.05) is 6.54 Å². The van der Waals surface area contributed by atoms with Gasteiger partial charge in [0.25, 0.3) is 0 Å². The summed E-state index contributed by atoms with van der Waals surface area (Å²) in [6.45, 7) is 1.34. The maximum Gasteiger partial charge on any atom is 0.416 e. The number of nitrogen functional groups attached to an aromatic ring is 1. The third-order valence-electron chi connectivity index (χ3n) is 3.75. The Labute approximate surface area is 152 Å². The molecular weight excluding hydrogens is 361 g/mol. The van der Waals surface area contributed by atoms with Crippen LogP contribution in [0.1, 0.15) is 28.4 Å². The molecule has 0 amide bonds. The maximum atomic E-state index is 12.9. The summed E-state index contributed by atoms with van der Waals surface area (Å²) < 4.78 is 43.8. The first kappa shape index (κ1) is 18.4. The number of carbonyl (C=O) groups is 1. The number of anilines is 2. The normalized spacial score (nSPS) is 11.4. The van der Waals surface area contributed by atoms with Gasteiger partial charge in [-0.15, -0.1) is 0 Å². The van der Waals surface area contributed by atoms with Crippen LogP contribution in [0.4, 0.5) is 24.9 Å². The Morgan fingerprint density at radius 2 is 2.00 bits per heavy atom. The van der Waals surface area contributed by atoms with Crippen molar-refractivity contribution in [1.29, 1.82) is 0 Å². The summed E-state index contributed by atoms with van der Waals surface area (Å²) in [5, 5.41) is 2.87. The van der Waals surface area contributed by atoms with E-state index in [1.54, 1.807) is 12.1 Å². The van der Waals surface area contributed by atoms with Gasteiger partial charge in [-0.25, -0.2) is 4.98 Å². The Hall–Kier alpha value is -3.36. The van der Waals surface area contributed by atoms with Crippen molar-refractivity contribution >= 4 is 17.5 Å². The molecule has 9 heteroatoms. The fourth-order valence-electron chi connectivity index (χ4n) is 2.57. The molecule has 0 atom stereocenters. The lowest BCUT2D eigenvalue weighted by molar-refractivity contribution is -0.137. The topological polar surface area (TPSA) is 94.0 Å². The summed E-state index contributed by atoms with van der Waals surface area (Å²) in [6.07, 6.45) is -3.01. The molecule has 0 aliphatic carbocycles. The highest BCUT2D eigenvalue weighted by molar-refractivity contribution is 6.04. The molecule has 2 aromatic heterocycles. The molecule has 3 rings (SSSR count). The van der Waals surface area contributed by atoms with Crippen LogP contribution in [0, 0.1) is 0 Å². The van der Waals surface area contributed by atoms with Crippen LogP contribution in [0.15, 0.2) is 47.1 Å². The summed E-state index contributed by atoms with van der Waals surface area (Å²) in [4.78, 5) is 20.2. The van der Waals surface area contributed by atoms with E-state index in [2.05, 4.69) is 15.3 Å². The molecule has 3 aromatic rings. The first-order chi connectivity index (χ1) is 12.8. The van der Waals surface area contributed by atoms with Gasteiger partial charge in [0.2, 0.25) is 5.95 Å². The van der Waals surface area contributed by atoms with Crippen molar-refractivity contribution in [3.63, 3.8) is 0 Å². The summed E-state index contributed by atoms with van der Waals surface area (Å²) in [6, 6.07) is 8.11. The van der Waals surface area contributed by atoms with Crippen LogP contribution in [0.25, 0.3) is 11.5 Å². The number of nitrogens with one attached hydrogen (secondary N) is 1. The van der Waals surface area contributed by atoms with E-state index < -0.39 is 11.7 Å². The number of furan rings is 1. The van der Waals surface area contributed by atoms with Crippen LogP contribution in [0.2, 0.25) is 0 Å². The molecule has 3 N–H and O–H groups in total. The number of nitrogens with two attached hydrogens (primary N) is 1. The lowest BCUT2D eigenvalue weighted by atomic mass is 10.1. The smallest absolute Gasteiger partial charge is 0.416 e. The standard InChI is InChI=1S/C18H15F3N4O2/c1-10(26)14-15(13-6-3-7-27-13)24-17(22)25-16(14)23-9-11-4-2-5-12(8-11)18(19,20)21/h2-8H,9H2,1H3,(H3,22,23,24,25). The van der Waals surface area contributed by atoms with E-state index in [1.165, 1.54) is 25.3 Å². The monoisotopic (exact) mass is 376 g/mol. The molecule has 6 nitrogen and oxygen atoms in total. The summed E-state index contributed by atoms with van der Waals surface area (Å²) in [5.74, 6) is 0.0149. The third-order valence-corrected chi connectivity index (χ3v) is 3.75. The van der Waals surface area contributed by atoms with E-state index in [-0.39, 0.29) is 35.4 Å². The van der Waals surface area contributed by atoms with Gasteiger partial charge in [0.1, 0.15) is 11.5 Å². The fraction of sp³-hybridized carbons (Fsp3) is 0.167. The van der Waals surface area contributed by atoms with Crippen LogP contribution in [0.3, 0.4) is 0 Å². The van der Waals surface area contributed by atoms with Crippen molar-refractivity contribution in [2.24, 2.45) is 0 Å². The SMILES string of the molecule is CC(=O)c1c(NCc2cccc(C(F)(F)F)c2)nc(N)nc1-c1ccco1. The quantitative estimate of drug-likeness (QED) is 0.650. The molecule has 0 bridgehead atoms. The second kappa shape index (κ2) is 7.10. The van der Waals surface area contributed by atoms with Gasteiger partial charge in [-0.1, -0.05) is 12.1 Å². The van der Waals surface area contributed by atoms with Gasteiger partial charge in [-0.2, -0.15) is 18.2 Å². The van der Waals surface area contributed by atoms with Crippen molar-refractivity contribution in [3.8, 4) is 11.5 Å². The number of hydrogen-bond donors (Lipinski definition) is 2. The van der Waals surface area contributed by atoms with Gasteiger partial charge in [-0.3, -0.25) is 4.79 Å². The van der Waals surface area contributed by atoms with Crippen molar-refractivity contribution in [1.82, 2.24) is 9.97 Å². The highest BCUT2D eigenvalue weighted by Crippen LogP contribution is 2.31. The molecule has 0 aliphatic heterocycles. The highest BCUT2D eigenvalue weighted by atomic mass is 19.4.